The Hall–Kier alpha value is -1.06. The summed E-state index contributed by atoms with van der Waals surface area (Å²) in [6.45, 7) is 10.2. The summed E-state index contributed by atoms with van der Waals surface area (Å²) in [5.41, 5.74) is 1.35. The Morgan fingerprint density at radius 2 is 1.84 bits per heavy atom. The largest absolute Gasteiger partial charge is 0.497 e. The first-order valence-electron chi connectivity index (χ1n) is 6.96. The van der Waals surface area contributed by atoms with Crippen LogP contribution in [0.25, 0.3) is 0 Å². The standard InChI is InChI=1S/C16H27NO2/c1-6-16(3,4)17-11-13(2)19-12-14-7-9-15(18-5)10-8-14/h7-10,13,17H,6,11-12H2,1-5H3. The predicted octanol–water partition coefficient (Wildman–Crippen LogP) is 3.38. The molecule has 0 saturated carbocycles. The first-order valence-corrected chi connectivity index (χ1v) is 6.96. The van der Waals surface area contributed by atoms with Gasteiger partial charge in [-0.3, -0.25) is 0 Å². The number of ether oxygens (including phenoxy) is 2. The maximum atomic E-state index is 5.84. The van der Waals surface area contributed by atoms with E-state index in [0.717, 1.165) is 18.7 Å². The van der Waals surface area contributed by atoms with E-state index >= 15 is 0 Å². The van der Waals surface area contributed by atoms with E-state index in [1.807, 2.05) is 24.3 Å². The summed E-state index contributed by atoms with van der Waals surface area (Å²) in [7, 11) is 1.68. The molecular weight excluding hydrogens is 238 g/mol. The van der Waals surface area contributed by atoms with E-state index in [1.54, 1.807) is 7.11 Å². The first-order chi connectivity index (χ1) is 8.96. The minimum atomic E-state index is 0.178. The van der Waals surface area contributed by atoms with Crippen LogP contribution in [0.2, 0.25) is 0 Å². The quantitative estimate of drug-likeness (QED) is 0.781. The number of rotatable bonds is 8. The summed E-state index contributed by atoms with van der Waals surface area (Å²) in [6, 6.07) is 7.99. The molecular formula is C16H27NO2. The summed E-state index contributed by atoms with van der Waals surface area (Å²) < 4.78 is 11.0. The van der Waals surface area contributed by atoms with Crippen molar-refractivity contribution in [2.45, 2.75) is 52.4 Å². The average molecular weight is 265 g/mol. The van der Waals surface area contributed by atoms with Crippen molar-refractivity contribution < 1.29 is 9.47 Å². The van der Waals surface area contributed by atoms with E-state index in [-0.39, 0.29) is 11.6 Å². The Balaban J connectivity index is 2.31. The number of methoxy groups -OCH3 is 1. The number of hydrogen-bond acceptors (Lipinski definition) is 3. The summed E-state index contributed by atoms with van der Waals surface area (Å²) in [4.78, 5) is 0. The van der Waals surface area contributed by atoms with Gasteiger partial charge in [-0.2, -0.15) is 0 Å². The van der Waals surface area contributed by atoms with Gasteiger partial charge in [0.15, 0.2) is 0 Å². The summed E-state index contributed by atoms with van der Waals surface area (Å²) in [5.74, 6) is 0.878. The van der Waals surface area contributed by atoms with Crippen LogP contribution in [-0.2, 0) is 11.3 Å². The molecule has 3 heteroatoms. The Morgan fingerprint density at radius 1 is 1.21 bits per heavy atom. The fourth-order valence-corrected chi connectivity index (χ4v) is 1.56. The van der Waals surface area contributed by atoms with E-state index in [9.17, 15) is 0 Å². The van der Waals surface area contributed by atoms with Crippen LogP contribution in [0.3, 0.4) is 0 Å². The molecule has 1 atom stereocenters. The maximum absolute atomic E-state index is 5.84. The van der Waals surface area contributed by atoms with E-state index in [0.29, 0.717) is 6.61 Å². The molecule has 108 valence electrons. The topological polar surface area (TPSA) is 30.5 Å². The number of hydrogen-bond donors (Lipinski definition) is 1. The second kappa shape index (κ2) is 7.51. The molecule has 19 heavy (non-hydrogen) atoms. The Morgan fingerprint density at radius 3 is 2.37 bits per heavy atom. The van der Waals surface area contributed by atoms with Crippen molar-refractivity contribution in [3.8, 4) is 5.75 Å². The molecule has 1 unspecified atom stereocenters. The van der Waals surface area contributed by atoms with Crippen molar-refractivity contribution in [1.82, 2.24) is 5.32 Å². The van der Waals surface area contributed by atoms with E-state index in [1.165, 1.54) is 5.56 Å². The summed E-state index contributed by atoms with van der Waals surface area (Å²) in [5, 5.41) is 3.52. The van der Waals surface area contributed by atoms with Crippen LogP contribution in [0.1, 0.15) is 39.7 Å². The lowest BCUT2D eigenvalue weighted by molar-refractivity contribution is 0.0483. The zero-order chi connectivity index (χ0) is 14.3. The molecule has 0 amide bonds. The van der Waals surface area contributed by atoms with Crippen LogP contribution < -0.4 is 10.1 Å². The summed E-state index contributed by atoms with van der Waals surface area (Å²) >= 11 is 0. The molecule has 0 aliphatic heterocycles. The second-order valence-corrected chi connectivity index (χ2v) is 5.59. The molecule has 0 spiro atoms. The van der Waals surface area contributed by atoms with Crippen molar-refractivity contribution in [3.05, 3.63) is 29.8 Å². The van der Waals surface area contributed by atoms with Crippen molar-refractivity contribution in [3.63, 3.8) is 0 Å². The highest BCUT2D eigenvalue weighted by Gasteiger charge is 2.15. The molecule has 1 aromatic carbocycles. The molecule has 1 aromatic rings. The van der Waals surface area contributed by atoms with Gasteiger partial charge in [0.2, 0.25) is 0 Å². The van der Waals surface area contributed by atoms with E-state index in [2.05, 4.69) is 33.0 Å². The monoisotopic (exact) mass is 265 g/mol. The Kier molecular flexibility index (Phi) is 6.32. The predicted molar refractivity (Wildman–Crippen MR) is 79.6 cm³/mol. The van der Waals surface area contributed by atoms with Gasteiger partial charge in [0.25, 0.3) is 0 Å². The third kappa shape index (κ3) is 6.08. The smallest absolute Gasteiger partial charge is 0.118 e. The third-order valence-electron chi connectivity index (χ3n) is 3.45. The average Bonchev–Trinajstić information content (AvgIpc) is 2.43. The number of nitrogens with one attached hydrogen (secondary N) is 1. The highest BCUT2D eigenvalue weighted by atomic mass is 16.5. The molecule has 0 aliphatic rings. The molecule has 0 aliphatic carbocycles. The van der Waals surface area contributed by atoms with Gasteiger partial charge in [-0.25, -0.2) is 0 Å². The SMILES string of the molecule is CCC(C)(C)NCC(C)OCc1ccc(OC)cc1. The molecule has 0 heterocycles. The Bertz CT molecular complexity index is 360. The minimum absolute atomic E-state index is 0.178. The fourth-order valence-electron chi connectivity index (χ4n) is 1.56. The zero-order valence-electron chi connectivity index (χ0n) is 12.8. The highest BCUT2D eigenvalue weighted by molar-refractivity contribution is 5.26. The van der Waals surface area contributed by atoms with Gasteiger partial charge in [0.05, 0.1) is 19.8 Å². The third-order valence-corrected chi connectivity index (χ3v) is 3.45. The zero-order valence-corrected chi connectivity index (χ0v) is 12.8. The van der Waals surface area contributed by atoms with Gasteiger partial charge < -0.3 is 14.8 Å². The van der Waals surface area contributed by atoms with Crippen molar-refractivity contribution in [2.24, 2.45) is 0 Å². The number of benzene rings is 1. The molecule has 0 fully saturated rings. The lowest BCUT2D eigenvalue weighted by Crippen LogP contribution is -2.42. The van der Waals surface area contributed by atoms with Crippen LogP contribution >= 0.6 is 0 Å². The van der Waals surface area contributed by atoms with Gasteiger partial charge in [0.1, 0.15) is 5.75 Å². The van der Waals surface area contributed by atoms with Crippen LogP contribution in [0.5, 0.6) is 5.75 Å². The lowest BCUT2D eigenvalue weighted by atomic mass is 10.0. The summed E-state index contributed by atoms with van der Waals surface area (Å²) in [6.07, 6.45) is 1.31. The van der Waals surface area contributed by atoms with Gasteiger partial charge in [-0.15, -0.1) is 0 Å². The van der Waals surface area contributed by atoms with Gasteiger partial charge in [0, 0.05) is 12.1 Å². The molecule has 1 N–H and O–H groups in total. The van der Waals surface area contributed by atoms with E-state index in [4.69, 9.17) is 9.47 Å². The molecule has 1 rings (SSSR count). The first kappa shape index (κ1) is 16.0. The highest BCUT2D eigenvalue weighted by Crippen LogP contribution is 2.13. The van der Waals surface area contributed by atoms with Crippen LogP contribution in [0.4, 0.5) is 0 Å². The Labute approximate surface area is 117 Å². The van der Waals surface area contributed by atoms with Crippen LogP contribution in [0, 0.1) is 0 Å². The van der Waals surface area contributed by atoms with Crippen LogP contribution in [-0.4, -0.2) is 25.3 Å². The molecule has 3 nitrogen and oxygen atoms in total. The fraction of sp³-hybridized carbons (Fsp3) is 0.625. The maximum Gasteiger partial charge on any atom is 0.118 e. The van der Waals surface area contributed by atoms with Crippen LogP contribution in [0.15, 0.2) is 24.3 Å². The molecule has 0 saturated heterocycles. The van der Waals surface area contributed by atoms with Crippen molar-refractivity contribution >= 4 is 0 Å². The normalized spacial score (nSPS) is 13.3. The lowest BCUT2D eigenvalue weighted by Gasteiger charge is -2.26. The molecule has 0 radical (unpaired) electrons. The van der Waals surface area contributed by atoms with Gasteiger partial charge >= 0.3 is 0 Å². The molecule has 0 aromatic heterocycles. The van der Waals surface area contributed by atoms with Gasteiger partial charge in [-0.05, 0) is 44.9 Å². The van der Waals surface area contributed by atoms with E-state index < -0.39 is 0 Å². The van der Waals surface area contributed by atoms with Crippen molar-refractivity contribution in [2.75, 3.05) is 13.7 Å². The minimum Gasteiger partial charge on any atom is -0.497 e. The second-order valence-electron chi connectivity index (χ2n) is 5.59. The van der Waals surface area contributed by atoms with Gasteiger partial charge in [-0.1, -0.05) is 19.1 Å². The van der Waals surface area contributed by atoms with Crippen molar-refractivity contribution in [1.29, 1.82) is 0 Å². The molecule has 0 bridgehead atoms.